The third kappa shape index (κ3) is 2.59. The summed E-state index contributed by atoms with van der Waals surface area (Å²) >= 11 is 0. The van der Waals surface area contributed by atoms with Gasteiger partial charge in [-0.2, -0.15) is 0 Å². The molecule has 104 valence electrons. The minimum Gasteiger partial charge on any atom is -0.497 e. The highest BCUT2D eigenvalue weighted by atomic mass is 16.5. The Morgan fingerprint density at radius 1 is 1.42 bits per heavy atom. The number of nitrogens with two attached hydrogens (primary N) is 1. The molecule has 1 saturated carbocycles. The van der Waals surface area contributed by atoms with Crippen LogP contribution in [0, 0.1) is 5.41 Å². The van der Waals surface area contributed by atoms with Crippen LogP contribution >= 0.6 is 0 Å². The number of nitrogens with zero attached hydrogens (tertiary/aromatic N) is 1. The van der Waals surface area contributed by atoms with Crippen molar-refractivity contribution in [1.29, 1.82) is 0 Å². The molecule has 19 heavy (non-hydrogen) atoms. The lowest BCUT2D eigenvalue weighted by Crippen LogP contribution is -2.45. The molecular formula is C15H22N2O2. The second-order valence-electron chi connectivity index (χ2n) is 5.26. The minimum absolute atomic E-state index is 0.126. The molecular weight excluding hydrogens is 240 g/mol. The highest BCUT2D eigenvalue weighted by Gasteiger charge is 2.41. The van der Waals surface area contributed by atoms with Crippen LogP contribution in [0.15, 0.2) is 24.3 Å². The van der Waals surface area contributed by atoms with Crippen molar-refractivity contribution in [2.24, 2.45) is 11.1 Å². The first-order valence-corrected chi connectivity index (χ1v) is 6.75. The Labute approximate surface area is 114 Å². The molecule has 1 fully saturated rings. The van der Waals surface area contributed by atoms with E-state index in [9.17, 15) is 4.79 Å². The van der Waals surface area contributed by atoms with Crippen LogP contribution in [-0.2, 0) is 4.79 Å². The van der Waals surface area contributed by atoms with Gasteiger partial charge in [0.25, 0.3) is 0 Å². The Balaban J connectivity index is 2.22. The van der Waals surface area contributed by atoms with E-state index in [1.807, 2.05) is 31.3 Å². The van der Waals surface area contributed by atoms with Crippen molar-refractivity contribution in [2.45, 2.75) is 25.7 Å². The number of anilines is 1. The zero-order chi connectivity index (χ0) is 13.9. The average Bonchev–Trinajstić information content (AvgIpc) is 2.96. The van der Waals surface area contributed by atoms with E-state index in [2.05, 4.69) is 0 Å². The predicted octanol–water partition coefficient (Wildman–Crippen LogP) is 2.18. The second-order valence-corrected chi connectivity index (χ2v) is 5.26. The summed E-state index contributed by atoms with van der Waals surface area (Å²) in [5, 5.41) is 0. The van der Waals surface area contributed by atoms with Crippen LogP contribution in [0.4, 0.5) is 5.69 Å². The van der Waals surface area contributed by atoms with E-state index >= 15 is 0 Å². The predicted molar refractivity (Wildman–Crippen MR) is 76.4 cm³/mol. The smallest absolute Gasteiger partial charge is 0.234 e. The van der Waals surface area contributed by atoms with Gasteiger partial charge in [-0.05, 0) is 25.0 Å². The second kappa shape index (κ2) is 5.61. The number of carbonyl (C=O) groups is 1. The highest BCUT2D eigenvalue weighted by Crippen LogP contribution is 2.39. The maximum atomic E-state index is 12.7. The molecule has 0 unspecified atom stereocenters. The fraction of sp³-hybridized carbons (Fsp3) is 0.533. The SMILES string of the molecule is COc1cccc(N(C)C(=O)C2(CN)CCCC2)c1. The van der Waals surface area contributed by atoms with E-state index in [0.717, 1.165) is 37.1 Å². The summed E-state index contributed by atoms with van der Waals surface area (Å²) in [5.41, 5.74) is 6.36. The molecule has 0 aromatic heterocycles. The van der Waals surface area contributed by atoms with Gasteiger partial charge in [-0.3, -0.25) is 4.79 Å². The summed E-state index contributed by atoms with van der Waals surface area (Å²) in [6.07, 6.45) is 3.98. The molecule has 1 aromatic carbocycles. The molecule has 4 nitrogen and oxygen atoms in total. The summed E-state index contributed by atoms with van der Waals surface area (Å²) in [5.74, 6) is 0.881. The zero-order valence-electron chi connectivity index (χ0n) is 11.7. The lowest BCUT2D eigenvalue weighted by molar-refractivity contribution is -0.127. The van der Waals surface area contributed by atoms with Gasteiger partial charge in [0.1, 0.15) is 5.75 Å². The molecule has 1 amide bonds. The van der Waals surface area contributed by atoms with E-state index in [1.165, 1.54) is 0 Å². The summed E-state index contributed by atoms with van der Waals surface area (Å²) in [7, 11) is 3.44. The number of hydrogen-bond acceptors (Lipinski definition) is 3. The first-order chi connectivity index (χ1) is 9.13. The van der Waals surface area contributed by atoms with Gasteiger partial charge >= 0.3 is 0 Å². The number of carbonyl (C=O) groups excluding carboxylic acids is 1. The molecule has 0 radical (unpaired) electrons. The largest absolute Gasteiger partial charge is 0.497 e. The van der Waals surface area contributed by atoms with E-state index in [4.69, 9.17) is 10.5 Å². The lowest BCUT2D eigenvalue weighted by atomic mass is 9.84. The van der Waals surface area contributed by atoms with Crippen LogP contribution in [0.5, 0.6) is 5.75 Å². The number of hydrogen-bond donors (Lipinski definition) is 1. The van der Waals surface area contributed by atoms with E-state index in [-0.39, 0.29) is 11.3 Å². The van der Waals surface area contributed by atoms with Crippen LogP contribution in [0.25, 0.3) is 0 Å². The summed E-state index contributed by atoms with van der Waals surface area (Å²) < 4.78 is 5.20. The monoisotopic (exact) mass is 262 g/mol. The Morgan fingerprint density at radius 2 is 2.11 bits per heavy atom. The number of benzene rings is 1. The van der Waals surface area contributed by atoms with E-state index < -0.39 is 0 Å². The summed E-state index contributed by atoms with van der Waals surface area (Å²) in [6, 6.07) is 7.55. The van der Waals surface area contributed by atoms with E-state index in [1.54, 1.807) is 12.0 Å². The molecule has 0 aliphatic heterocycles. The molecule has 0 atom stereocenters. The molecule has 0 bridgehead atoms. The maximum Gasteiger partial charge on any atom is 0.234 e. The number of ether oxygens (including phenoxy) is 1. The molecule has 1 aliphatic carbocycles. The number of rotatable bonds is 4. The average molecular weight is 262 g/mol. The summed E-state index contributed by atoms with van der Waals surface area (Å²) in [6.45, 7) is 0.431. The van der Waals surface area contributed by atoms with Crippen molar-refractivity contribution in [1.82, 2.24) is 0 Å². The zero-order valence-corrected chi connectivity index (χ0v) is 11.7. The number of methoxy groups -OCH3 is 1. The van der Waals surface area contributed by atoms with Gasteiger partial charge in [0.15, 0.2) is 0 Å². The van der Waals surface area contributed by atoms with Crippen LogP contribution in [0.1, 0.15) is 25.7 Å². The van der Waals surface area contributed by atoms with Crippen LogP contribution in [-0.4, -0.2) is 26.6 Å². The van der Waals surface area contributed by atoms with Crippen molar-refractivity contribution >= 4 is 11.6 Å². The van der Waals surface area contributed by atoms with Gasteiger partial charge in [0, 0.05) is 25.3 Å². The molecule has 0 spiro atoms. The first kappa shape index (κ1) is 13.9. The Kier molecular flexibility index (Phi) is 4.10. The third-order valence-corrected chi connectivity index (χ3v) is 4.15. The fourth-order valence-corrected chi connectivity index (χ4v) is 2.85. The summed E-state index contributed by atoms with van der Waals surface area (Å²) in [4.78, 5) is 14.4. The van der Waals surface area contributed by atoms with Crippen molar-refractivity contribution in [2.75, 3.05) is 25.6 Å². The Bertz CT molecular complexity index is 453. The molecule has 1 aromatic rings. The van der Waals surface area contributed by atoms with Crippen molar-refractivity contribution in [3.8, 4) is 5.75 Å². The highest BCUT2D eigenvalue weighted by molar-refractivity contribution is 5.97. The topological polar surface area (TPSA) is 55.6 Å². The molecule has 2 N–H and O–H groups in total. The van der Waals surface area contributed by atoms with Crippen LogP contribution < -0.4 is 15.4 Å². The van der Waals surface area contributed by atoms with E-state index in [0.29, 0.717) is 6.54 Å². The van der Waals surface area contributed by atoms with Crippen LogP contribution in [0.2, 0.25) is 0 Å². The Hall–Kier alpha value is -1.55. The van der Waals surface area contributed by atoms with Crippen LogP contribution in [0.3, 0.4) is 0 Å². The number of amides is 1. The van der Waals surface area contributed by atoms with Gasteiger partial charge in [-0.15, -0.1) is 0 Å². The van der Waals surface area contributed by atoms with Gasteiger partial charge in [-0.1, -0.05) is 18.9 Å². The molecule has 1 aliphatic rings. The van der Waals surface area contributed by atoms with Crippen molar-refractivity contribution < 1.29 is 9.53 Å². The maximum absolute atomic E-state index is 12.7. The molecule has 0 heterocycles. The minimum atomic E-state index is -0.363. The molecule has 4 heteroatoms. The molecule has 0 saturated heterocycles. The standard InChI is InChI=1S/C15H22N2O2/c1-17(12-6-5-7-13(10-12)19-2)14(18)15(11-16)8-3-4-9-15/h5-7,10H,3-4,8-9,11,16H2,1-2H3. The quantitative estimate of drug-likeness (QED) is 0.904. The third-order valence-electron chi connectivity index (χ3n) is 4.15. The van der Waals surface area contributed by atoms with Gasteiger partial charge in [0.2, 0.25) is 5.91 Å². The van der Waals surface area contributed by atoms with Crippen molar-refractivity contribution in [3.05, 3.63) is 24.3 Å². The van der Waals surface area contributed by atoms with Gasteiger partial charge in [-0.25, -0.2) is 0 Å². The van der Waals surface area contributed by atoms with Gasteiger partial charge < -0.3 is 15.4 Å². The van der Waals surface area contributed by atoms with Crippen molar-refractivity contribution in [3.63, 3.8) is 0 Å². The lowest BCUT2D eigenvalue weighted by Gasteiger charge is -2.31. The molecule has 2 rings (SSSR count). The van der Waals surface area contributed by atoms with Gasteiger partial charge in [0.05, 0.1) is 12.5 Å². The fourth-order valence-electron chi connectivity index (χ4n) is 2.85. The Morgan fingerprint density at radius 3 is 2.68 bits per heavy atom. The normalized spacial score (nSPS) is 17.2. The first-order valence-electron chi connectivity index (χ1n) is 6.75.